The van der Waals surface area contributed by atoms with E-state index in [0.29, 0.717) is 28.7 Å². The number of benzene rings is 1. The molecule has 0 bridgehead atoms. The number of anilines is 2. The molecule has 0 atom stereocenters. The second-order valence-electron chi connectivity index (χ2n) is 9.02. The van der Waals surface area contributed by atoms with E-state index >= 15 is 0 Å². The average Bonchev–Trinajstić information content (AvgIpc) is 2.77. The van der Waals surface area contributed by atoms with Gasteiger partial charge in [0.25, 0.3) is 5.91 Å². The highest BCUT2D eigenvalue weighted by Crippen LogP contribution is 2.31. The third kappa shape index (κ3) is 7.54. The van der Waals surface area contributed by atoms with Gasteiger partial charge in [0.15, 0.2) is 5.82 Å². The number of thioether (sulfide) groups is 1. The molecular formula is C24H31ClN4O3S. The number of alkyl carbamates (subject to hydrolysis) is 1. The molecule has 0 aliphatic carbocycles. The molecule has 2 aromatic rings. The Hall–Kier alpha value is -2.45. The number of rotatable bonds is 6. The van der Waals surface area contributed by atoms with Gasteiger partial charge < -0.3 is 20.3 Å². The van der Waals surface area contributed by atoms with Gasteiger partial charge in [-0.3, -0.25) is 4.79 Å². The number of nitrogens with one attached hydrogen (secondary N) is 2. The van der Waals surface area contributed by atoms with Crippen molar-refractivity contribution < 1.29 is 14.3 Å². The van der Waals surface area contributed by atoms with Crippen molar-refractivity contribution in [1.82, 2.24) is 10.3 Å². The van der Waals surface area contributed by atoms with Gasteiger partial charge in [0.1, 0.15) is 5.60 Å². The van der Waals surface area contributed by atoms with Gasteiger partial charge in [-0.05, 0) is 70.1 Å². The van der Waals surface area contributed by atoms with E-state index < -0.39 is 5.60 Å². The van der Waals surface area contributed by atoms with Crippen LogP contribution in [0.4, 0.5) is 16.3 Å². The van der Waals surface area contributed by atoms with Gasteiger partial charge in [-0.15, -0.1) is 11.8 Å². The Kier molecular flexibility index (Phi) is 8.48. The summed E-state index contributed by atoms with van der Waals surface area (Å²) in [6.07, 6.45) is 5.23. The first kappa shape index (κ1) is 25.2. The Morgan fingerprint density at radius 1 is 1.24 bits per heavy atom. The van der Waals surface area contributed by atoms with Crippen LogP contribution in [-0.4, -0.2) is 48.5 Å². The maximum absolute atomic E-state index is 12.8. The van der Waals surface area contributed by atoms with Gasteiger partial charge in [-0.25, -0.2) is 9.78 Å². The fraction of sp³-hybridized carbons (Fsp3) is 0.458. The molecule has 1 fully saturated rings. The molecule has 0 unspecified atom stereocenters. The fourth-order valence-electron chi connectivity index (χ4n) is 3.61. The molecule has 7 nitrogen and oxygen atoms in total. The summed E-state index contributed by atoms with van der Waals surface area (Å²) >= 11 is 7.62. The van der Waals surface area contributed by atoms with Gasteiger partial charge in [-0.2, -0.15) is 0 Å². The molecule has 33 heavy (non-hydrogen) atoms. The quantitative estimate of drug-likeness (QED) is 0.524. The number of ether oxygens (including phenoxy) is 1. The third-order valence-electron chi connectivity index (χ3n) is 5.26. The number of carbonyl (C=O) groups excluding carboxylic acids is 2. The largest absolute Gasteiger partial charge is 0.444 e. The summed E-state index contributed by atoms with van der Waals surface area (Å²) in [6.45, 7) is 7.70. The van der Waals surface area contributed by atoms with Crippen LogP contribution >= 0.6 is 23.4 Å². The Bertz CT molecular complexity index is 988. The summed E-state index contributed by atoms with van der Waals surface area (Å²) in [5, 5.41) is 6.40. The van der Waals surface area contributed by atoms with E-state index in [1.165, 1.54) is 0 Å². The van der Waals surface area contributed by atoms with Crippen LogP contribution in [0.3, 0.4) is 0 Å². The van der Waals surface area contributed by atoms with Crippen LogP contribution in [0.2, 0.25) is 5.02 Å². The maximum Gasteiger partial charge on any atom is 0.407 e. The molecule has 2 amide bonds. The minimum absolute atomic E-state index is 0.227. The first-order valence-corrected chi connectivity index (χ1v) is 12.6. The van der Waals surface area contributed by atoms with E-state index in [9.17, 15) is 9.59 Å². The standard InChI is InChI=1S/C24H31ClN4O3S/c1-24(2,3)32-23(31)27-14-16-8-10-29(11-9-16)21-20(13-19(33-4)15-26-21)28-22(30)17-6-5-7-18(25)12-17/h5-7,12-13,15-16H,8-11,14H2,1-4H3,(H,27,31)(H,28,30). The van der Waals surface area contributed by atoms with Crippen molar-refractivity contribution in [3.63, 3.8) is 0 Å². The molecule has 0 saturated carbocycles. The van der Waals surface area contributed by atoms with Gasteiger partial charge in [-0.1, -0.05) is 17.7 Å². The summed E-state index contributed by atoms with van der Waals surface area (Å²) in [5.41, 5.74) is 0.667. The van der Waals surface area contributed by atoms with E-state index in [1.54, 1.807) is 36.0 Å². The zero-order valence-electron chi connectivity index (χ0n) is 19.5. The third-order valence-corrected chi connectivity index (χ3v) is 6.19. The topological polar surface area (TPSA) is 83.6 Å². The van der Waals surface area contributed by atoms with Crippen molar-refractivity contribution in [1.29, 1.82) is 0 Å². The predicted octanol–water partition coefficient (Wildman–Crippen LogP) is 5.45. The van der Waals surface area contributed by atoms with E-state index in [2.05, 4.69) is 20.5 Å². The van der Waals surface area contributed by atoms with Crippen molar-refractivity contribution >= 4 is 46.9 Å². The minimum Gasteiger partial charge on any atom is -0.444 e. The predicted molar refractivity (Wildman–Crippen MR) is 135 cm³/mol. The molecule has 1 saturated heterocycles. The number of pyridine rings is 1. The lowest BCUT2D eigenvalue weighted by atomic mass is 9.97. The lowest BCUT2D eigenvalue weighted by molar-refractivity contribution is 0.0516. The van der Waals surface area contributed by atoms with E-state index in [0.717, 1.165) is 36.6 Å². The number of hydrogen-bond donors (Lipinski definition) is 2. The Morgan fingerprint density at radius 3 is 2.61 bits per heavy atom. The Morgan fingerprint density at radius 2 is 1.97 bits per heavy atom. The van der Waals surface area contributed by atoms with Gasteiger partial charge in [0.2, 0.25) is 0 Å². The zero-order valence-corrected chi connectivity index (χ0v) is 21.1. The molecule has 3 rings (SSSR count). The number of halogens is 1. The number of amides is 2. The lowest BCUT2D eigenvalue weighted by Gasteiger charge is -2.34. The second kappa shape index (κ2) is 11.1. The molecule has 1 aromatic carbocycles. The first-order valence-electron chi connectivity index (χ1n) is 11.0. The van der Waals surface area contributed by atoms with Crippen LogP contribution in [0.1, 0.15) is 44.0 Å². The van der Waals surface area contributed by atoms with Gasteiger partial charge in [0.05, 0.1) is 5.69 Å². The number of piperidine rings is 1. The highest BCUT2D eigenvalue weighted by atomic mass is 35.5. The molecule has 9 heteroatoms. The van der Waals surface area contributed by atoms with Crippen molar-refractivity contribution in [2.75, 3.05) is 36.1 Å². The van der Waals surface area contributed by atoms with E-state index in [1.807, 2.05) is 39.3 Å². The number of nitrogens with zero attached hydrogens (tertiary/aromatic N) is 2. The van der Waals surface area contributed by atoms with Crippen LogP contribution in [0.25, 0.3) is 0 Å². The molecule has 2 heterocycles. The maximum atomic E-state index is 12.8. The van der Waals surface area contributed by atoms with Crippen LogP contribution < -0.4 is 15.5 Å². The van der Waals surface area contributed by atoms with Crippen molar-refractivity contribution in [2.24, 2.45) is 5.92 Å². The zero-order chi connectivity index (χ0) is 24.0. The number of aromatic nitrogens is 1. The summed E-state index contributed by atoms with van der Waals surface area (Å²) in [4.78, 5) is 32.6. The summed E-state index contributed by atoms with van der Waals surface area (Å²) in [5.74, 6) is 0.890. The fourth-order valence-corrected chi connectivity index (χ4v) is 4.19. The second-order valence-corrected chi connectivity index (χ2v) is 10.3. The summed E-state index contributed by atoms with van der Waals surface area (Å²) < 4.78 is 5.32. The van der Waals surface area contributed by atoms with Gasteiger partial charge >= 0.3 is 6.09 Å². The van der Waals surface area contributed by atoms with E-state index in [-0.39, 0.29) is 12.0 Å². The van der Waals surface area contributed by atoms with Crippen LogP contribution in [0.15, 0.2) is 41.4 Å². The van der Waals surface area contributed by atoms with Crippen LogP contribution in [0.5, 0.6) is 0 Å². The molecule has 2 N–H and O–H groups in total. The molecule has 1 aliphatic rings. The first-order chi connectivity index (χ1) is 15.6. The average molecular weight is 491 g/mol. The van der Waals surface area contributed by atoms with Crippen LogP contribution in [-0.2, 0) is 4.74 Å². The summed E-state index contributed by atoms with van der Waals surface area (Å²) in [7, 11) is 0. The van der Waals surface area contributed by atoms with Crippen molar-refractivity contribution in [3.8, 4) is 0 Å². The van der Waals surface area contributed by atoms with Crippen molar-refractivity contribution in [3.05, 3.63) is 47.1 Å². The molecule has 0 radical (unpaired) electrons. The normalized spacial score (nSPS) is 14.6. The van der Waals surface area contributed by atoms with Crippen molar-refractivity contribution in [2.45, 2.75) is 44.1 Å². The van der Waals surface area contributed by atoms with Crippen LogP contribution in [0, 0.1) is 5.92 Å². The lowest BCUT2D eigenvalue weighted by Crippen LogP contribution is -2.40. The molecule has 1 aromatic heterocycles. The molecular weight excluding hydrogens is 460 g/mol. The monoisotopic (exact) mass is 490 g/mol. The highest BCUT2D eigenvalue weighted by Gasteiger charge is 2.24. The molecule has 0 spiro atoms. The molecule has 178 valence electrons. The summed E-state index contributed by atoms with van der Waals surface area (Å²) in [6, 6.07) is 8.82. The number of hydrogen-bond acceptors (Lipinski definition) is 6. The number of carbonyl (C=O) groups is 2. The SMILES string of the molecule is CSc1cnc(N2CCC(CNC(=O)OC(C)(C)C)CC2)c(NC(=O)c2cccc(Cl)c2)c1. The Labute approximate surface area is 204 Å². The highest BCUT2D eigenvalue weighted by molar-refractivity contribution is 7.98. The smallest absolute Gasteiger partial charge is 0.407 e. The molecule has 1 aliphatic heterocycles. The minimum atomic E-state index is -0.506. The Balaban J connectivity index is 1.64. The van der Waals surface area contributed by atoms with Gasteiger partial charge in [0, 0.05) is 41.3 Å². The van der Waals surface area contributed by atoms with E-state index in [4.69, 9.17) is 16.3 Å².